The van der Waals surface area contributed by atoms with Crippen LogP contribution in [-0.2, 0) is 4.74 Å². The topological polar surface area (TPSA) is 21.3 Å². The van der Waals surface area contributed by atoms with E-state index in [1.165, 1.54) is 6.54 Å². The maximum Gasteiger partial charge on any atom is 0.0587 e. The van der Waals surface area contributed by atoms with Crippen molar-refractivity contribution < 1.29 is 4.74 Å². The monoisotopic (exact) mass is 195 g/mol. The number of nitrogens with one attached hydrogen (secondary N) is 1. The van der Waals surface area contributed by atoms with Gasteiger partial charge in [0.2, 0.25) is 0 Å². The third-order valence-electron chi connectivity index (χ3n) is 4.76. The van der Waals surface area contributed by atoms with E-state index in [2.05, 4.69) is 5.32 Å². The summed E-state index contributed by atoms with van der Waals surface area (Å²) in [6.07, 6.45) is 4.66. The van der Waals surface area contributed by atoms with Crippen molar-refractivity contribution in [3.05, 3.63) is 0 Å². The number of rotatable bonds is 5. The zero-order valence-corrected chi connectivity index (χ0v) is 9.04. The van der Waals surface area contributed by atoms with Gasteiger partial charge >= 0.3 is 0 Å². The second-order valence-electron chi connectivity index (χ2n) is 5.35. The fourth-order valence-electron chi connectivity index (χ4n) is 4.22. The average Bonchev–Trinajstić information content (AvgIpc) is 2.60. The maximum absolute atomic E-state index is 5.03. The smallest absolute Gasteiger partial charge is 0.0587 e. The first-order chi connectivity index (χ1) is 6.92. The molecule has 3 aliphatic carbocycles. The molecule has 3 rings (SSSR count). The second-order valence-corrected chi connectivity index (χ2v) is 5.35. The molecule has 4 unspecified atom stereocenters. The van der Waals surface area contributed by atoms with Crippen molar-refractivity contribution in [1.29, 1.82) is 0 Å². The minimum absolute atomic E-state index is 0.856. The third kappa shape index (κ3) is 1.31. The average molecular weight is 195 g/mol. The molecule has 2 bridgehead atoms. The van der Waals surface area contributed by atoms with Crippen LogP contribution in [0.3, 0.4) is 0 Å². The van der Waals surface area contributed by atoms with Crippen LogP contribution in [0.15, 0.2) is 0 Å². The Balaban J connectivity index is 1.41. The standard InChI is InChI=1S/C12H21NO/c1-14-5-4-13-7-10-11-8-2-3-9(6-8)12(10)11/h8-13H,2-7H2,1H3. The Morgan fingerprint density at radius 3 is 2.57 bits per heavy atom. The SMILES string of the molecule is COCCNCC1C2C3CCC(C3)C12. The molecule has 3 aliphatic rings. The van der Waals surface area contributed by atoms with Gasteiger partial charge < -0.3 is 10.1 Å². The first-order valence-corrected chi connectivity index (χ1v) is 6.11. The number of hydrogen-bond donors (Lipinski definition) is 1. The molecule has 0 spiro atoms. The minimum atomic E-state index is 0.856. The van der Waals surface area contributed by atoms with Gasteiger partial charge in [0.05, 0.1) is 6.61 Å². The van der Waals surface area contributed by atoms with Crippen LogP contribution in [0.25, 0.3) is 0 Å². The molecule has 0 aromatic rings. The molecule has 0 aromatic carbocycles. The Kier molecular flexibility index (Phi) is 2.29. The Morgan fingerprint density at radius 1 is 1.21 bits per heavy atom. The molecule has 0 radical (unpaired) electrons. The van der Waals surface area contributed by atoms with Gasteiger partial charge in [0.15, 0.2) is 0 Å². The first-order valence-electron chi connectivity index (χ1n) is 6.11. The van der Waals surface area contributed by atoms with E-state index < -0.39 is 0 Å². The van der Waals surface area contributed by atoms with Crippen LogP contribution in [0.5, 0.6) is 0 Å². The summed E-state index contributed by atoms with van der Waals surface area (Å²) in [4.78, 5) is 0. The molecule has 3 fully saturated rings. The number of methoxy groups -OCH3 is 1. The normalized spacial score (nSPS) is 48.2. The van der Waals surface area contributed by atoms with Gasteiger partial charge in [-0.3, -0.25) is 0 Å². The number of hydrogen-bond acceptors (Lipinski definition) is 2. The summed E-state index contributed by atoms with van der Waals surface area (Å²) < 4.78 is 5.03. The lowest BCUT2D eigenvalue weighted by atomic mass is 10.0. The lowest BCUT2D eigenvalue weighted by molar-refractivity contribution is 0.198. The summed E-state index contributed by atoms with van der Waals surface area (Å²) >= 11 is 0. The van der Waals surface area contributed by atoms with Gasteiger partial charge in [0, 0.05) is 13.7 Å². The Bertz CT molecular complexity index is 202. The molecular formula is C12H21NO. The molecule has 1 N–H and O–H groups in total. The van der Waals surface area contributed by atoms with Gasteiger partial charge in [0.1, 0.15) is 0 Å². The molecule has 80 valence electrons. The summed E-state index contributed by atoms with van der Waals surface area (Å²) in [6.45, 7) is 3.14. The Morgan fingerprint density at radius 2 is 1.93 bits per heavy atom. The van der Waals surface area contributed by atoms with Crippen LogP contribution in [-0.4, -0.2) is 26.8 Å². The highest BCUT2D eigenvalue weighted by Gasteiger charge is 2.64. The molecular weight excluding hydrogens is 174 g/mol. The highest BCUT2D eigenvalue weighted by atomic mass is 16.5. The Labute approximate surface area is 86.4 Å². The van der Waals surface area contributed by atoms with E-state index in [9.17, 15) is 0 Å². The van der Waals surface area contributed by atoms with Crippen molar-refractivity contribution in [1.82, 2.24) is 5.32 Å². The van der Waals surface area contributed by atoms with E-state index in [0.717, 1.165) is 42.7 Å². The lowest BCUT2D eigenvalue weighted by Crippen LogP contribution is -2.23. The molecule has 0 heterocycles. The Hall–Kier alpha value is -0.0800. The van der Waals surface area contributed by atoms with Crippen LogP contribution >= 0.6 is 0 Å². The van der Waals surface area contributed by atoms with Gasteiger partial charge in [0.25, 0.3) is 0 Å². The predicted molar refractivity (Wildman–Crippen MR) is 56.0 cm³/mol. The van der Waals surface area contributed by atoms with Gasteiger partial charge in [-0.25, -0.2) is 0 Å². The summed E-state index contributed by atoms with van der Waals surface area (Å²) in [5, 5.41) is 3.52. The van der Waals surface area contributed by atoms with Crippen molar-refractivity contribution >= 4 is 0 Å². The van der Waals surface area contributed by atoms with Crippen molar-refractivity contribution in [2.24, 2.45) is 29.6 Å². The summed E-state index contributed by atoms with van der Waals surface area (Å²) in [5.74, 6) is 5.55. The predicted octanol–water partition coefficient (Wildman–Crippen LogP) is 1.51. The van der Waals surface area contributed by atoms with E-state index in [-0.39, 0.29) is 0 Å². The number of fused-ring (bicyclic) bond motifs is 5. The van der Waals surface area contributed by atoms with Crippen LogP contribution in [0, 0.1) is 29.6 Å². The molecule has 0 aliphatic heterocycles. The van der Waals surface area contributed by atoms with Crippen molar-refractivity contribution in [3.8, 4) is 0 Å². The van der Waals surface area contributed by atoms with E-state index in [1.54, 1.807) is 26.4 Å². The molecule has 4 atom stereocenters. The third-order valence-corrected chi connectivity index (χ3v) is 4.76. The summed E-state index contributed by atoms with van der Waals surface area (Å²) in [5.41, 5.74) is 0. The van der Waals surface area contributed by atoms with Crippen molar-refractivity contribution in [2.45, 2.75) is 19.3 Å². The first kappa shape index (κ1) is 9.17. The van der Waals surface area contributed by atoms with Crippen molar-refractivity contribution in [3.63, 3.8) is 0 Å². The van der Waals surface area contributed by atoms with Crippen LogP contribution in [0.1, 0.15) is 19.3 Å². The zero-order valence-electron chi connectivity index (χ0n) is 9.04. The van der Waals surface area contributed by atoms with Gasteiger partial charge in [-0.15, -0.1) is 0 Å². The van der Waals surface area contributed by atoms with Crippen LogP contribution in [0.2, 0.25) is 0 Å². The van der Waals surface area contributed by atoms with Crippen LogP contribution in [0.4, 0.5) is 0 Å². The molecule has 2 nitrogen and oxygen atoms in total. The number of ether oxygens (including phenoxy) is 1. The zero-order chi connectivity index (χ0) is 9.54. The molecule has 2 heteroatoms. The lowest BCUT2D eigenvalue weighted by Gasteiger charge is -2.09. The molecule has 0 amide bonds. The fourth-order valence-corrected chi connectivity index (χ4v) is 4.22. The van der Waals surface area contributed by atoms with Crippen LogP contribution < -0.4 is 5.32 Å². The largest absolute Gasteiger partial charge is 0.383 e. The molecule has 0 saturated heterocycles. The van der Waals surface area contributed by atoms with Gasteiger partial charge in [-0.05, 0) is 55.4 Å². The van der Waals surface area contributed by atoms with Gasteiger partial charge in [-0.2, -0.15) is 0 Å². The van der Waals surface area contributed by atoms with Crippen molar-refractivity contribution in [2.75, 3.05) is 26.8 Å². The second kappa shape index (κ2) is 3.49. The maximum atomic E-state index is 5.03. The van der Waals surface area contributed by atoms with E-state index >= 15 is 0 Å². The highest BCUT2D eigenvalue weighted by molar-refractivity contribution is 5.13. The summed E-state index contributed by atoms with van der Waals surface area (Å²) in [7, 11) is 1.77. The quantitative estimate of drug-likeness (QED) is 0.671. The fraction of sp³-hybridized carbons (Fsp3) is 1.00. The van der Waals surface area contributed by atoms with E-state index in [0.29, 0.717) is 0 Å². The molecule has 0 aromatic heterocycles. The highest BCUT2D eigenvalue weighted by Crippen LogP contribution is 2.69. The van der Waals surface area contributed by atoms with E-state index in [1.807, 2.05) is 0 Å². The minimum Gasteiger partial charge on any atom is -0.383 e. The van der Waals surface area contributed by atoms with E-state index in [4.69, 9.17) is 4.74 Å². The molecule has 3 saturated carbocycles. The van der Waals surface area contributed by atoms with Gasteiger partial charge in [-0.1, -0.05) is 0 Å². The summed E-state index contributed by atoms with van der Waals surface area (Å²) in [6, 6.07) is 0. The molecule has 14 heavy (non-hydrogen) atoms.